The van der Waals surface area contributed by atoms with Gasteiger partial charge in [0.05, 0.1) is 6.61 Å². The third kappa shape index (κ3) is 3.15. The molecule has 6 heteroatoms. The fraction of sp³-hybridized carbons (Fsp3) is 0.143. The van der Waals surface area contributed by atoms with Crippen LogP contribution in [0.3, 0.4) is 0 Å². The molecule has 0 saturated carbocycles. The fourth-order valence-electron chi connectivity index (χ4n) is 1.68. The molecule has 0 amide bonds. The first-order valence-corrected chi connectivity index (χ1v) is 7.39. The van der Waals surface area contributed by atoms with Crippen molar-refractivity contribution in [2.24, 2.45) is 0 Å². The van der Waals surface area contributed by atoms with E-state index in [9.17, 15) is 12.8 Å². The summed E-state index contributed by atoms with van der Waals surface area (Å²) in [5, 5.41) is 9.00. The Bertz CT molecular complexity index is 712. The smallest absolute Gasteiger partial charge is 0.264 e. The second-order valence-electron chi connectivity index (χ2n) is 4.39. The molecule has 2 aromatic carbocycles. The van der Waals surface area contributed by atoms with Crippen LogP contribution in [-0.4, -0.2) is 13.5 Å². The summed E-state index contributed by atoms with van der Waals surface area (Å²) < 4.78 is 40.3. The van der Waals surface area contributed by atoms with E-state index >= 15 is 0 Å². The highest BCUT2D eigenvalue weighted by Gasteiger charge is 2.19. The summed E-state index contributed by atoms with van der Waals surface area (Å²) in [5.74, 6) is -0.859. The van der Waals surface area contributed by atoms with Gasteiger partial charge in [-0.2, -0.15) is 0 Å². The van der Waals surface area contributed by atoms with E-state index in [1.807, 2.05) is 6.92 Å². The fourth-order valence-corrected chi connectivity index (χ4v) is 2.87. The number of anilines is 1. The van der Waals surface area contributed by atoms with Crippen LogP contribution in [0.5, 0.6) is 0 Å². The molecule has 2 N–H and O–H groups in total. The summed E-state index contributed by atoms with van der Waals surface area (Å²) in [7, 11) is -4.03. The number of aryl methyl sites for hydroxylation is 1. The molecule has 0 fully saturated rings. The second-order valence-corrected chi connectivity index (χ2v) is 6.05. The van der Waals surface area contributed by atoms with Crippen molar-refractivity contribution in [2.45, 2.75) is 18.4 Å². The van der Waals surface area contributed by atoms with Gasteiger partial charge in [-0.1, -0.05) is 23.8 Å². The number of benzene rings is 2. The van der Waals surface area contributed by atoms with Crippen molar-refractivity contribution < 1.29 is 17.9 Å². The standard InChI is InChI=1S/C14H14FNO3S/c1-10-2-5-12(6-3-10)16-20(18,19)14-8-11(9-17)4-7-13(14)15/h2-8,16-17H,9H2,1H3. The third-order valence-corrected chi connectivity index (χ3v) is 4.17. The van der Waals surface area contributed by atoms with E-state index in [4.69, 9.17) is 5.11 Å². The van der Waals surface area contributed by atoms with Crippen LogP contribution in [0, 0.1) is 12.7 Å². The van der Waals surface area contributed by atoms with E-state index < -0.39 is 20.7 Å². The molecular formula is C14H14FNO3S. The lowest BCUT2D eigenvalue weighted by atomic mass is 10.2. The SMILES string of the molecule is Cc1ccc(NS(=O)(=O)c2cc(CO)ccc2F)cc1. The van der Waals surface area contributed by atoms with Crippen LogP contribution in [0.1, 0.15) is 11.1 Å². The summed E-state index contributed by atoms with van der Waals surface area (Å²) in [6.45, 7) is 1.52. The van der Waals surface area contributed by atoms with E-state index in [1.165, 1.54) is 6.07 Å². The van der Waals surface area contributed by atoms with Crippen molar-refractivity contribution in [2.75, 3.05) is 4.72 Å². The number of halogens is 1. The maximum Gasteiger partial charge on any atom is 0.264 e. The molecule has 4 nitrogen and oxygen atoms in total. The van der Waals surface area contributed by atoms with Crippen molar-refractivity contribution in [1.82, 2.24) is 0 Å². The van der Waals surface area contributed by atoms with Crippen molar-refractivity contribution in [3.63, 3.8) is 0 Å². The number of nitrogens with one attached hydrogen (secondary N) is 1. The van der Waals surface area contributed by atoms with Gasteiger partial charge in [-0.15, -0.1) is 0 Å². The lowest BCUT2D eigenvalue weighted by molar-refractivity contribution is 0.281. The maximum absolute atomic E-state index is 13.7. The van der Waals surface area contributed by atoms with E-state index in [2.05, 4.69) is 4.72 Å². The Morgan fingerprint density at radius 2 is 1.80 bits per heavy atom. The van der Waals surface area contributed by atoms with Crippen LogP contribution in [-0.2, 0) is 16.6 Å². The Kier molecular flexibility index (Phi) is 4.06. The Labute approximate surface area is 116 Å². The van der Waals surface area contributed by atoms with Gasteiger partial charge in [0.15, 0.2) is 0 Å². The number of aliphatic hydroxyl groups excluding tert-OH is 1. The lowest BCUT2D eigenvalue weighted by Gasteiger charge is -2.10. The van der Waals surface area contributed by atoms with Gasteiger partial charge in [0.1, 0.15) is 10.7 Å². The van der Waals surface area contributed by atoms with E-state index in [1.54, 1.807) is 24.3 Å². The monoisotopic (exact) mass is 295 g/mol. The molecule has 0 unspecified atom stereocenters. The zero-order valence-electron chi connectivity index (χ0n) is 10.8. The molecule has 0 heterocycles. The zero-order chi connectivity index (χ0) is 14.8. The average molecular weight is 295 g/mol. The molecule has 0 aromatic heterocycles. The van der Waals surface area contributed by atoms with Gasteiger partial charge in [-0.25, -0.2) is 12.8 Å². The summed E-state index contributed by atoms with van der Waals surface area (Å²) >= 11 is 0. The minimum atomic E-state index is -4.03. The number of hydrogen-bond acceptors (Lipinski definition) is 3. The first-order chi connectivity index (χ1) is 9.42. The largest absolute Gasteiger partial charge is 0.392 e. The molecule has 0 aliphatic rings. The van der Waals surface area contributed by atoms with Gasteiger partial charge in [-0.3, -0.25) is 4.72 Å². The highest BCUT2D eigenvalue weighted by molar-refractivity contribution is 7.92. The van der Waals surface area contributed by atoms with E-state index in [-0.39, 0.29) is 6.61 Å². The second kappa shape index (κ2) is 5.60. The summed E-state index contributed by atoms with van der Waals surface area (Å²) in [6, 6.07) is 10.2. The molecule has 2 rings (SSSR count). The number of hydrogen-bond donors (Lipinski definition) is 2. The predicted octanol–water partition coefficient (Wildman–Crippen LogP) is 2.43. The Balaban J connectivity index is 2.37. The first kappa shape index (κ1) is 14.5. The quantitative estimate of drug-likeness (QED) is 0.910. The molecule has 0 aliphatic carbocycles. The van der Waals surface area contributed by atoms with Gasteiger partial charge in [0, 0.05) is 5.69 Å². The summed E-state index contributed by atoms with van der Waals surface area (Å²) in [5.41, 5.74) is 1.67. The van der Waals surface area contributed by atoms with Crippen LogP contribution in [0.2, 0.25) is 0 Å². The zero-order valence-corrected chi connectivity index (χ0v) is 11.6. The average Bonchev–Trinajstić information content (AvgIpc) is 2.41. The maximum atomic E-state index is 13.7. The van der Waals surface area contributed by atoms with Crippen LogP contribution in [0.15, 0.2) is 47.4 Å². The van der Waals surface area contributed by atoms with Gasteiger partial charge < -0.3 is 5.11 Å². The Morgan fingerprint density at radius 1 is 1.15 bits per heavy atom. The third-order valence-electron chi connectivity index (χ3n) is 2.77. The Morgan fingerprint density at radius 3 is 2.40 bits per heavy atom. The van der Waals surface area contributed by atoms with Crippen LogP contribution >= 0.6 is 0 Å². The molecule has 106 valence electrons. The normalized spacial score (nSPS) is 11.3. The molecule has 0 atom stereocenters. The van der Waals surface area contributed by atoms with E-state index in [0.29, 0.717) is 11.3 Å². The highest BCUT2D eigenvalue weighted by atomic mass is 32.2. The molecule has 0 bridgehead atoms. The number of rotatable bonds is 4. The van der Waals surface area contributed by atoms with Gasteiger partial charge in [-0.05, 0) is 36.8 Å². The van der Waals surface area contributed by atoms with E-state index in [0.717, 1.165) is 17.7 Å². The van der Waals surface area contributed by atoms with Gasteiger partial charge >= 0.3 is 0 Å². The van der Waals surface area contributed by atoms with Gasteiger partial charge in [0.25, 0.3) is 10.0 Å². The molecule has 0 spiro atoms. The molecule has 0 radical (unpaired) electrons. The molecule has 20 heavy (non-hydrogen) atoms. The molecule has 0 aliphatic heterocycles. The highest BCUT2D eigenvalue weighted by Crippen LogP contribution is 2.20. The summed E-state index contributed by atoms with van der Waals surface area (Å²) in [6.07, 6.45) is 0. The molecule has 0 saturated heterocycles. The molecular weight excluding hydrogens is 281 g/mol. The van der Waals surface area contributed by atoms with Crippen molar-refractivity contribution in [1.29, 1.82) is 0 Å². The minimum Gasteiger partial charge on any atom is -0.392 e. The first-order valence-electron chi connectivity index (χ1n) is 5.91. The number of sulfonamides is 1. The molecule has 2 aromatic rings. The van der Waals surface area contributed by atoms with Crippen molar-refractivity contribution in [3.05, 3.63) is 59.4 Å². The van der Waals surface area contributed by atoms with Gasteiger partial charge in [0.2, 0.25) is 0 Å². The van der Waals surface area contributed by atoms with Crippen molar-refractivity contribution in [3.8, 4) is 0 Å². The predicted molar refractivity (Wildman–Crippen MR) is 74.3 cm³/mol. The number of aliphatic hydroxyl groups is 1. The minimum absolute atomic E-state index is 0.329. The Hall–Kier alpha value is -1.92. The van der Waals surface area contributed by atoms with Crippen LogP contribution in [0.25, 0.3) is 0 Å². The van der Waals surface area contributed by atoms with Crippen molar-refractivity contribution >= 4 is 15.7 Å². The van der Waals surface area contributed by atoms with Crippen LogP contribution < -0.4 is 4.72 Å². The topological polar surface area (TPSA) is 66.4 Å². The lowest BCUT2D eigenvalue weighted by Crippen LogP contribution is -2.15. The summed E-state index contributed by atoms with van der Waals surface area (Å²) in [4.78, 5) is -0.482. The van der Waals surface area contributed by atoms with Crippen LogP contribution in [0.4, 0.5) is 10.1 Å².